The molecule has 0 bridgehead atoms. The number of nitro groups is 1. The topological polar surface area (TPSA) is 89.7 Å². The lowest BCUT2D eigenvalue weighted by Gasteiger charge is -2.35. The lowest BCUT2D eigenvalue weighted by molar-refractivity contribution is -0.384. The smallest absolute Gasteiger partial charge is 0.355 e. The quantitative estimate of drug-likeness (QED) is 0.363. The Morgan fingerprint density at radius 1 is 1.38 bits per heavy atom. The molecule has 3 rings (SSSR count). The number of hydrogen-bond donors (Lipinski definition) is 0. The molecule has 0 saturated carbocycles. The average Bonchev–Trinajstić information content (AvgIpc) is 2.82. The van der Waals surface area contributed by atoms with Crippen molar-refractivity contribution >= 4 is 17.6 Å². The highest BCUT2D eigenvalue weighted by Gasteiger charge is 2.44. The minimum absolute atomic E-state index is 0.0147. The zero-order chi connectivity index (χ0) is 15.0. The zero-order valence-electron chi connectivity index (χ0n) is 11.0. The summed E-state index contributed by atoms with van der Waals surface area (Å²) in [5.74, 6) is -0.597. The van der Waals surface area contributed by atoms with E-state index in [4.69, 9.17) is 4.74 Å². The molecule has 0 N–H and O–H groups in total. The lowest BCUT2D eigenvalue weighted by Crippen LogP contribution is -2.49. The van der Waals surface area contributed by atoms with Gasteiger partial charge in [-0.3, -0.25) is 14.9 Å². The first kappa shape index (κ1) is 13.3. The number of non-ortho nitro benzene ring substituents is 1. The minimum Gasteiger partial charge on any atom is -0.456 e. The Balaban J connectivity index is 1.59. The lowest BCUT2D eigenvalue weighted by atomic mass is 10.0. The fraction of sp³-hybridized carbons (Fsp3) is 0.286. The number of nitrogens with zero attached hydrogens (tertiary/aromatic N) is 2. The van der Waals surface area contributed by atoms with Crippen LogP contribution >= 0.6 is 0 Å². The molecule has 0 aliphatic carbocycles. The summed E-state index contributed by atoms with van der Waals surface area (Å²) in [6, 6.07) is 5.89. The number of hydrogen-bond acceptors (Lipinski definition) is 5. The highest BCUT2D eigenvalue weighted by molar-refractivity contribution is 5.98. The number of esters is 1. The number of carbonyl (C=O) groups excluding carboxylic acids is 2. The molecule has 1 aromatic rings. The van der Waals surface area contributed by atoms with Crippen molar-refractivity contribution in [3.63, 3.8) is 0 Å². The summed E-state index contributed by atoms with van der Waals surface area (Å²) in [6.07, 6.45) is 2.89. The molecule has 1 fully saturated rings. The summed E-state index contributed by atoms with van der Waals surface area (Å²) in [4.78, 5) is 34.9. The average molecular weight is 288 g/mol. The van der Waals surface area contributed by atoms with Gasteiger partial charge < -0.3 is 9.64 Å². The zero-order valence-corrected chi connectivity index (χ0v) is 11.0. The molecule has 1 atom stereocenters. The van der Waals surface area contributed by atoms with Gasteiger partial charge in [0.2, 0.25) is 5.91 Å². The molecule has 1 aromatic carbocycles. The first-order valence-corrected chi connectivity index (χ1v) is 6.49. The summed E-state index contributed by atoms with van der Waals surface area (Å²) < 4.78 is 5.14. The normalized spacial score (nSPS) is 19.6. The first-order valence-electron chi connectivity index (χ1n) is 6.49. The third-order valence-electron chi connectivity index (χ3n) is 3.61. The van der Waals surface area contributed by atoms with Gasteiger partial charge in [0.05, 0.1) is 4.92 Å². The number of benzene rings is 1. The van der Waals surface area contributed by atoms with Crippen molar-refractivity contribution in [1.82, 2.24) is 4.90 Å². The van der Waals surface area contributed by atoms with E-state index in [1.807, 2.05) is 0 Å². The second-order valence-electron chi connectivity index (χ2n) is 4.95. The number of carbonyl (C=O) groups is 2. The molecule has 2 aliphatic heterocycles. The summed E-state index contributed by atoms with van der Waals surface area (Å²) in [6.45, 7) is 0.0147. The Kier molecular flexibility index (Phi) is 3.17. The number of ether oxygens (including phenoxy) is 1. The van der Waals surface area contributed by atoms with Gasteiger partial charge in [0.25, 0.3) is 5.69 Å². The molecular weight excluding hydrogens is 276 g/mol. The Bertz CT molecular complexity index is 650. The van der Waals surface area contributed by atoms with Crippen LogP contribution in [0.3, 0.4) is 0 Å². The van der Waals surface area contributed by atoms with E-state index in [9.17, 15) is 19.7 Å². The predicted octanol–water partition coefficient (Wildman–Crippen LogP) is 1.53. The maximum absolute atomic E-state index is 11.9. The molecule has 7 heteroatoms. The van der Waals surface area contributed by atoms with Crippen LogP contribution in [0.4, 0.5) is 5.69 Å². The molecule has 2 aliphatic rings. The van der Waals surface area contributed by atoms with Crippen molar-refractivity contribution in [1.29, 1.82) is 0 Å². The van der Waals surface area contributed by atoms with Crippen LogP contribution in [-0.4, -0.2) is 27.7 Å². The van der Waals surface area contributed by atoms with Crippen LogP contribution in [0.1, 0.15) is 18.4 Å². The Morgan fingerprint density at radius 2 is 2.10 bits per heavy atom. The second kappa shape index (κ2) is 5.01. The van der Waals surface area contributed by atoms with Crippen LogP contribution in [0.2, 0.25) is 0 Å². The molecule has 1 amide bonds. The third-order valence-corrected chi connectivity index (χ3v) is 3.61. The van der Waals surface area contributed by atoms with E-state index in [1.165, 1.54) is 29.2 Å². The largest absolute Gasteiger partial charge is 0.456 e. The molecule has 0 radical (unpaired) electrons. The number of nitro benzene ring substituents is 1. The van der Waals surface area contributed by atoms with E-state index in [0.717, 1.165) is 0 Å². The van der Waals surface area contributed by atoms with Crippen molar-refractivity contribution < 1.29 is 19.2 Å². The Labute approximate surface area is 119 Å². The second-order valence-corrected chi connectivity index (χ2v) is 4.95. The minimum atomic E-state index is -0.538. The van der Waals surface area contributed by atoms with Crippen molar-refractivity contribution in [2.45, 2.75) is 25.5 Å². The molecule has 2 heterocycles. The molecule has 1 saturated heterocycles. The van der Waals surface area contributed by atoms with Crippen LogP contribution < -0.4 is 0 Å². The van der Waals surface area contributed by atoms with Gasteiger partial charge >= 0.3 is 5.97 Å². The number of rotatable bonds is 4. The molecule has 21 heavy (non-hydrogen) atoms. The molecule has 1 unspecified atom stereocenters. The highest BCUT2D eigenvalue weighted by Crippen LogP contribution is 2.34. The van der Waals surface area contributed by atoms with E-state index in [-0.39, 0.29) is 24.2 Å². The van der Waals surface area contributed by atoms with E-state index in [1.54, 1.807) is 6.08 Å². The van der Waals surface area contributed by atoms with E-state index >= 15 is 0 Å². The third kappa shape index (κ3) is 2.37. The van der Waals surface area contributed by atoms with E-state index in [2.05, 4.69) is 0 Å². The fourth-order valence-electron chi connectivity index (χ4n) is 2.47. The van der Waals surface area contributed by atoms with E-state index < -0.39 is 10.9 Å². The van der Waals surface area contributed by atoms with Gasteiger partial charge in [-0.1, -0.05) is 6.08 Å². The predicted molar refractivity (Wildman–Crippen MR) is 70.8 cm³/mol. The maximum atomic E-state index is 11.9. The van der Waals surface area contributed by atoms with E-state index in [0.29, 0.717) is 24.1 Å². The standard InChI is InChI=1S/C14H12N2O5/c17-13-7-11-5-6-12(15(11)13)14(18)21-8-9-1-3-10(4-2-9)16(19)20/h1-4,6,11H,5,7-8H2. The summed E-state index contributed by atoms with van der Waals surface area (Å²) in [7, 11) is 0. The SMILES string of the molecule is O=C(OCc1ccc([N+](=O)[O-])cc1)C1=CCC2CC(=O)N12. The molecule has 108 valence electrons. The van der Waals surface area contributed by atoms with Crippen molar-refractivity contribution in [3.8, 4) is 0 Å². The number of fused-ring (bicyclic) bond motifs is 1. The fourth-order valence-corrected chi connectivity index (χ4v) is 2.47. The maximum Gasteiger partial charge on any atom is 0.355 e. The van der Waals surface area contributed by atoms with Crippen LogP contribution in [0, 0.1) is 10.1 Å². The van der Waals surface area contributed by atoms with Gasteiger partial charge in [-0.15, -0.1) is 0 Å². The van der Waals surface area contributed by atoms with Gasteiger partial charge in [0.15, 0.2) is 0 Å². The van der Waals surface area contributed by atoms with Gasteiger partial charge in [0, 0.05) is 24.6 Å². The monoisotopic (exact) mass is 288 g/mol. The van der Waals surface area contributed by atoms with Crippen LogP contribution in [0.25, 0.3) is 0 Å². The molecular formula is C14H12N2O5. The van der Waals surface area contributed by atoms with Gasteiger partial charge in [-0.2, -0.15) is 0 Å². The van der Waals surface area contributed by atoms with Crippen LogP contribution in [0.15, 0.2) is 36.0 Å². The van der Waals surface area contributed by atoms with Crippen LogP contribution in [-0.2, 0) is 20.9 Å². The number of β-lactam (4-membered cyclic amide) rings is 1. The van der Waals surface area contributed by atoms with Crippen LogP contribution in [0.5, 0.6) is 0 Å². The van der Waals surface area contributed by atoms with Gasteiger partial charge in [-0.25, -0.2) is 4.79 Å². The Hall–Kier alpha value is -2.70. The van der Waals surface area contributed by atoms with Crippen molar-refractivity contribution in [3.05, 3.63) is 51.7 Å². The first-order chi connectivity index (χ1) is 10.1. The van der Waals surface area contributed by atoms with Gasteiger partial charge in [-0.05, 0) is 24.1 Å². The van der Waals surface area contributed by atoms with Crippen molar-refractivity contribution in [2.24, 2.45) is 0 Å². The molecule has 0 aromatic heterocycles. The van der Waals surface area contributed by atoms with Gasteiger partial charge in [0.1, 0.15) is 12.3 Å². The van der Waals surface area contributed by atoms with Crippen molar-refractivity contribution in [2.75, 3.05) is 0 Å². The number of amides is 1. The summed E-state index contributed by atoms with van der Waals surface area (Å²) in [5, 5.41) is 10.5. The summed E-state index contributed by atoms with van der Waals surface area (Å²) >= 11 is 0. The Morgan fingerprint density at radius 3 is 2.71 bits per heavy atom. The molecule has 0 spiro atoms. The molecule has 7 nitrogen and oxygen atoms in total. The highest BCUT2D eigenvalue weighted by atomic mass is 16.6. The summed E-state index contributed by atoms with van der Waals surface area (Å²) in [5.41, 5.74) is 0.940.